The number of hydrogen-bond acceptors (Lipinski definition) is 2. The van der Waals surface area contributed by atoms with Crippen molar-refractivity contribution in [2.24, 2.45) is 0 Å². The molecule has 1 saturated heterocycles. The van der Waals surface area contributed by atoms with Crippen LogP contribution >= 0.6 is 0 Å². The standard InChI is InChI=1S/C31H31BO2/c1-29(2)30(3,4)34-32(33-29)27-21-13-20-26-28(27)24-18-11-12-19-25(24)31(26,22-14-7-5-8-15-22)23-16-9-6-10-17-23/h5-10,13-21H,11-12H2,1-4H3. The zero-order valence-electron chi connectivity index (χ0n) is 20.5. The van der Waals surface area contributed by atoms with Crippen molar-refractivity contribution in [3.05, 3.63) is 119 Å². The summed E-state index contributed by atoms with van der Waals surface area (Å²) in [6, 6.07) is 28.6. The molecule has 3 heteroatoms. The number of hydrogen-bond donors (Lipinski definition) is 0. The van der Waals surface area contributed by atoms with Crippen molar-refractivity contribution in [1.29, 1.82) is 0 Å². The minimum Gasteiger partial charge on any atom is -0.399 e. The highest BCUT2D eigenvalue weighted by Crippen LogP contribution is 2.58. The minimum atomic E-state index is -0.397. The van der Waals surface area contributed by atoms with E-state index in [0.717, 1.165) is 18.3 Å². The molecular weight excluding hydrogens is 415 g/mol. The maximum Gasteiger partial charge on any atom is 0.495 e. The first-order chi connectivity index (χ1) is 16.4. The van der Waals surface area contributed by atoms with Crippen molar-refractivity contribution in [3.8, 4) is 0 Å². The van der Waals surface area contributed by atoms with Crippen molar-refractivity contribution in [1.82, 2.24) is 0 Å². The normalized spacial score (nSPS) is 21.5. The molecule has 170 valence electrons. The highest BCUT2D eigenvalue weighted by molar-refractivity contribution is 6.63. The maximum absolute atomic E-state index is 6.57. The van der Waals surface area contributed by atoms with Gasteiger partial charge in [-0.1, -0.05) is 91.0 Å². The van der Waals surface area contributed by atoms with Gasteiger partial charge >= 0.3 is 7.12 Å². The quantitative estimate of drug-likeness (QED) is 0.431. The Morgan fingerprint density at radius 1 is 0.647 bits per heavy atom. The number of fused-ring (bicyclic) bond motifs is 3. The molecule has 1 heterocycles. The summed E-state index contributed by atoms with van der Waals surface area (Å²) in [6.45, 7) is 8.50. The van der Waals surface area contributed by atoms with Gasteiger partial charge < -0.3 is 9.31 Å². The number of allylic oxidation sites excluding steroid dienone is 4. The summed E-state index contributed by atoms with van der Waals surface area (Å²) in [4.78, 5) is 0. The zero-order valence-corrected chi connectivity index (χ0v) is 20.5. The molecule has 0 spiro atoms. The average Bonchev–Trinajstić information content (AvgIpc) is 3.27. The van der Waals surface area contributed by atoms with Crippen LogP contribution in [0.1, 0.15) is 62.8 Å². The smallest absolute Gasteiger partial charge is 0.399 e. The van der Waals surface area contributed by atoms with Crippen LogP contribution in [-0.4, -0.2) is 18.3 Å². The van der Waals surface area contributed by atoms with E-state index >= 15 is 0 Å². The van der Waals surface area contributed by atoms with E-state index in [0.29, 0.717) is 0 Å². The summed E-state index contributed by atoms with van der Waals surface area (Å²) in [5.74, 6) is 0. The fraction of sp³-hybridized carbons (Fsp3) is 0.290. The van der Waals surface area contributed by atoms with Gasteiger partial charge in [-0.2, -0.15) is 0 Å². The molecule has 0 N–H and O–H groups in total. The van der Waals surface area contributed by atoms with E-state index < -0.39 is 7.12 Å². The Hall–Kier alpha value is -2.88. The van der Waals surface area contributed by atoms with Crippen molar-refractivity contribution < 1.29 is 9.31 Å². The molecule has 0 radical (unpaired) electrons. The zero-order chi connectivity index (χ0) is 23.6. The third-order valence-corrected chi connectivity index (χ3v) is 8.25. The summed E-state index contributed by atoms with van der Waals surface area (Å²) in [7, 11) is -0.397. The molecule has 2 aliphatic carbocycles. The molecule has 0 atom stereocenters. The minimum absolute atomic E-state index is 0.357. The van der Waals surface area contributed by atoms with Crippen molar-refractivity contribution in [3.63, 3.8) is 0 Å². The van der Waals surface area contributed by atoms with Crippen LogP contribution < -0.4 is 5.46 Å². The van der Waals surface area contributed by atoms with Crippen molar-refractivity contribution in [2.75, 3.05) is 0 Å². The largest absolute Gasteiger partial charge is 0.495 e. The van der Waals surface area contributed by atoms with Gasteiger partial charge in [0, 0.05) is 0 Å². The molecule has 0 aromatic heterocycles. The van der Waals surface area contributed by atoms with Gasteiger partial charge in [-0.05, 0) is 79.4 Å². The van der Waals surface area contributed by atoms with Crippen LogP contribution in [-0.2, 0) is 14.7 Å². The SMILES string of the molecule is CC1(C)OB(c2cccc3c2C2=CCCC=C2C3(c2ccccc2)c2ccccc2)OC1(C)C. The van der Waals surface area contributed by atoms with Crippen LogP contribution in [0.3, 0.4) is 0 Å². The maximum atomic E-state index is 6.57. The summed E-state index contributed by atoms with van der Waals surface area (Å²) in [5.41, 5.74) is 7.91. The summed E-state index contributed by atoms with van der Waals surface area (Å²) in [6.07, 6.45) is 7.00. The fourth-order valence-electron chi connectivity index (χ4n) is 5.93. The van der Waals surface area contributed by atoms with E-state index in [-0.39, 0.29) is 16.6 Å². The molecule has 0 bridgehead atoms. The Bertz CT molecular complexity index is 1250. The molecule has 6 rings (SSSR count). The molecule has 2 nitrogen and oxygen atoms in total. The highest BCUT2D eigenvalue weighted by atomic mass is 16.7. The lowest BCUT2D eigenvalue weighted by Gasteiger charge is -2.35. The highest BCUT2D eigenvalue weighted by Gasteiger charge is 2.55. The predicted octanol–water partition coefficient (Wildman–Crippen LogP) is 6.44. The second-order valence-electron chi connectivity index (χ2n) is 10.7. The first-order valence-corrected chi connectivity index (χ1v) is 12.4. The molecule has 3 aromatic rings. The Morgan fingerprint density at radius 3 is 1.79 bits per heavy atom. The first kappa shape index (κ1) is 21.6. The van der Waals surface area contributed by atoms with Crippen LogP contribution in [0.2, 0.25) is 0 Å². The molecule has 0 amide bonds. The summed E-state index contributed by atoms with van der Waals surface area (Å²) < 4.78 is 13.1. The first-order valence-electron chi connectivity index (χ1n) is 12.4. The molecule has 3 aromatic carbocycles. The van der Waals surface area contributed by atoms with Gasteiger partial charge in [-0.15, -0.1) is 0 Å². The van der Waals surface area contributed by atoms with Crippen molar-refractivity contribution >= 4 is 18.2 Å². The van der Waals surface area contributed by atoms with Crippen LogP contribution in [0.15, 0.2) is 96.6 Å². The molecular formula is C31H31BO2. The number of benzene rings is 3. The lowest BCUT2D eigenvalue weighted by Crippen LogP contribution is -2.41. The predicted molar refractivity (Wildman–Crippen MR) is 140 cm³/mol. The molecule has 3 aliphatic rings. The second-order valence-corrected chi connectivity index (χ2v) is 10.7. The monoisotopic (exact) mass is 446 g/mol. The van der Waals surface area contributed by atoms with Crippen LogP contribution in [0.4, 0.5) is 0 Å². The third-order valence-electron chi connectivity index (χ3n) is 8.25. The van der Waals surface area contributed by atoms with Gasteiger partial charge in [0.05, 0.1) is 16.6 Å². The fourth-order valence-corrected chi connectivity index (χ4v) is 5.93. The van der Waals surface area contributed by atoms with E-state index in [9.17, 15) is 0 Å². The number of rotatable bonds is 3. The van der Waals surface area contributed by atoms with Gasteiger partial charge in [-0.3, -0.25) is 0 Å². The van der Waals surface area contributed by atoms with E-state index in [4.69, 9.17) is 9.31 Å². The van der Waals surface area contributed by atoms with E-state index in [1.54, 1.807) is 0 Å². The van der Waals surface area contributed by atoms with Gasteiger partial charge in [-0.25, -0.2) is 0 Å². The Morgan fingerprint density at radius 2 is 1.21 bits per heavy atom. The van der Waals surface area contributed by atoms with Crippen LogP contribution in [0, 0.1) is 0 Å². The van der Waals surface area contributed by atoms with Crippen molar-refractivity contribution in [2.45, 2.75) is 57.2 Å². The summed E-state index contributed by atoms with van der Waals surface area (Å²) >= 11 is 0. The lowest BCUT2D eigenvalue weighted by molar-refractivity contribution is 0.00578. The lowest BCUT2D eigenvalue weighted by atomic mass is 9.66. The van der Waals surface area contributed by atoms with E-state index in [1.807, 2.05) is 0 Å². The third kappa shape index (κ3) is 2.90. The van der Waals surface area contributed by atoms with Gasteiger partial charge in [0.25, 0.3) is 0 Å². The molecule has 0 unspecified atom stereocenters. The second kappa shape index (κ2) is 7.56. The Kier molecular flexibility index (Phi) is 4.82. The topological polar surface area (TPSA) is 18.5 Å². The Balaban J connectivity index is 1.66. The van der Waals surface area contributed by atoms with Crippen LogP contribution in [0.5, 0.6) is 0 Å². The summed E-state index contributed by atoms with van der Waals surface area (Å²) in [5, 5.41) is 0. The molecule has 34 heavy (non-hydrogen) atoms. The van der Waals surface area contributed by atoms with Crippen LogP contribution in [0.25, 0.3) is 5.57 Å². The average molecular weight is 446 g/mol. The molecule has 1 fully saturated rings. The van der Waals surface area contributed by atoms with Gasteiger partial charge in [0.15, 0.2) is 0 Å². The van der Waals surface area contributed by atoms with Gasteiger partial charge in [0.1, 0.15) is 0 Å². The van der Waals surface area contributed by atoms with E-state index in [1.165, 1.54) is 33.4 Å². The molecule has 0 saturated carbocycles. The van der Waals surface area contributed by atoms with E-state index in [2.05, 4.69) is 119 Å². The Labute approximate surface area is 203 Å². The van der Waals surface area contributed by atoms with Gasteiger partial charge in [0.2, 0.25) is 0 Å². The molecule has 1 aliphatic heterocycles.